The van der Waals surface area contributed by atoms with Gasteiger partial charge < -0.3 is 20.4 Å². The molecule has 3 atom stereocenters. The molecule has 8 nitrogen and oxygen atoms in total. The van der Waals surface area contributed by atoms with Crippen molar-refractivity contribution in [2.45, 2.75) is 44.6 Å². The fourth-order valence-electron chi connectivity index (χ4n) is 4.21. The lowest BCUT2D eigenvalue weighted by Gasteiger charge is -2.28. The monoisotopic (exact) mass is 490 g/mol. The zero-order valence-corrected chi connectivity index (χ0v) is 20.0. The van der Waals surface area contributed by atoms with Gasteiger partial charge in [0.2, 0.25) is 0 Å². The van der Waals surface area contributed by atoms with Gasteiger partial charge >= 0.3 is 0 Å². The van der Waals surface area contributed by atoms with E-state index in [0.717, 1.165) is 28.8 Å². The minimum Gasteiger partial charge on any atom is -0.380 e. The average Bonchev–Trinajstić information content (AvgIpc) is 3.56. The number of likely N-dealkylation sites (tertiary alicyclic amines) is 1. The summed E-state index contributed by atoms with van der Waals surface area (Å²) in [5.41, 5.74) is 3.45. The summed E-state index contributed by atoms with van der Waals surface area (Å²) in [7, 11) is 0. The minimum atomic E-state index is -1.89. The Labute approximate surface area is 207 Å². The van der Waals surface area contributed by atoms with E-state index in [1.54, 1.807) is 29.3 Å². The van der Waals surface area contributed by atoms with Crippen LogP contribution in [0.3, 0.4) is 0 Å². The number of carbonyl (C=O) groups excluding carboxylic acids is 2. The first-order valence-electron chi connectivity index (χ1n) is 11.3. The second-order valence-corrected chi connectivity index (χ2v) is 9.62. The van der Waals surface area contributed by atoms with Crippen LogP contribution in [0.15, 0.2) is 54.7 Å². The Balaban J connectivity index is 1.34. The van der Waals surface area contributed by atoms with E-state index in [2.05, 4.69) is 16.4 Å². The number of benzene rings is 1. The molecule has 3 heterocycles. The number of nitriles is 1. The number of aromatic nitrogens is 1. The number of rotatable bonds is 7. The summed E-state index contributed by atoms with van der Waals surface area (Å²) in [5.74, 6) is -1.49. The highest BCUT2D eigenvalue weighted by atomic mass is 32.1. The van der Waals surface area contributed by atoms with Crippen LogP contribution in [0.2, 0.25) is 0 Å². The molecule has 180 valence electrons. The van der Waals surface area contributed by atoms with E-state index in [-0.39, 0.29) is 12.6 Å². The van der Waals surface area contributed by atoms with Crippen LogP contribution in [0, 0.1) is 18.3 Å². The van der Waals surface area contributed by atoms with Crippen molar-refractivity contribution in [2.24, 2.45) is 0 Å². The van der Waals surface area contributed by atoms with Crippen LogP contribution in [0.5, 0.6) is 0 Å². The standard InChI is InChI=1S/C26H26N4O4S/c1-16-4-2-5-18(12-16)21-6-3-11-30(21)26(34)24(32)23(31)25(33)29-15-17-7-9-20(28-14-17)22-10-8-19(13-27)35-22/h2,4-5,7-10,12,14,21,23-24,31-32H,3,6,11,15H2,1H3,(H,29,33)/t21?,23-,24-/m1/s1. The molecule has 3 aromatic rings. The highest BCUT2D eigenvalue weighted by molar-refractivity contribution is 7.15. The van der Waals surface area contributed by atoms with Crippen molar-refractivity contribution in [3.05, 3.63) is 76.3 Å². The van der Waals surface area contributed by atoms with Gasteiger partial charge in [-0.25, -0.2) is 0 Å². The van der Waals surface area contributed by atoms with E-state index < -0.39 is 24.0 Å². The van der Waals surface area contributed by atoms with Crippen molar-refractivity contribution in [3.63, 3.8) is 0 Å². The third kappa shape index (κ3) is 5.57. The topological polar surface area (TPSA) is 127 Å². The van der Waals surface area contributed by atoms with Crippen LogP contribution >= 0.6 is 11.3 Å². The van der Waals surface area contributed by atoms with Gasteiger partial charge in [-0.15, -0.1) is 11.3 Å². The molecule has 0 bridgehead atoms. The lowest BCUT2D eigenvalue weighted by Crippen LogP contribution is -2.50. The molecule has 4 rings (SSSR count). The van der Waals surface area contributed by atoms with Crippen molar-refractivity contribution < 1.29 is 19.8 Å². The first-order chi connectivity index (χ1) is 16.9. The Morgan fingerprint density at radius 2 is 2.06 bits per heavy atom. The van der Waals surface area contributed by atoms with Crippen molar-refractivity contribution in [1.29, 1.82) is 5.26 Å². The maximum atomic E-state index is 12.9. The molecule has 9 heteroatoms. The van der Waals surface area contributed by atoms with Crippen LogP contribution in [0.4, 0.5) is 0 Å². The molecule has 1 unspecified atom stereocenters. The zero-order chi connectivity index (χ0) is 24.9. The maximum absolute atomic E-state index is 12.9. The molecule has 0 saturated carbocycles. The Kier molecular flexibility index (Phi) is 7.56. The summed E-state index contributed by atoms with van der Waals surface area (Å²) >= 11 is 1.34. The zero-order valence-electron chi connectivity index (χ0n) is 19.2. The van der Waals surface area contributed by atoms with Gasteiger partial charge in [0.05, 0.1) is 16.6 Å². The third-order valence-electron chi connectivity index (χ3n) is 6.04. The van der Waals surface area contributed by atoms with E-state index in [0.29, 0.717) is 22.7 Å². The van der Waals surface area contributed by atoms with Crippen LogP contribution in [0.1, 0.15) is 40.5 Å². The van der Waals surface area contributed by atoms with Gasteiger partial charge in [0.25, 0.3) is 11.8 Å². The number of nitrogens with zero attached hydrogens (tertiary/aromatic N) is 3. The number of nitrogens with one attached hydrogen (secondary N) is 1. The molecule has 1 aliphatic rings. The normalized spacial score (nSPS) is 17.0. The Morgan fingerprint density at radius 3 is 2.74 bits per heavy atom. The first kappa shape index (κ1) is 24.5. The largest absolute Gasteiger partial charge is 0.380 e. The fourth-order valence-corrected chi connectivity index (χ4v) is 4.99. The summed E-state index contributed by atoms with van der Waals surface area (Å²) in [4.78, 5) is 32.7. The van der Waals surface area contributed by atoms with Gasteiger partial charge in [-0.1, -0.05) is 35.9 Å². The highest BCUT2D eigenvalue weighted by Gasteiger charge is 2.38. The molecule has 2 amide bonds. The van der Waals surface area contributed by atoms with Gasteiger partial charge in [0.1, 0.15) is 10.9 Å². The van der Waals surface area contributed by atoms with E-state index >= 15 is 0 Å². The van der Waals surface area contributed by atoms with Crippen LogP contribution in [-0.2, 0) is 16.1 Å². The quantitative estimate of drug-likeness (QED) is 0.467. The first-order valence-corrected chi connectivity index (χ1v) is 12.1. The van der Waals surface area contributed by atoms with E-state index in [1.807, 2.05) is 37.3 Å². The summed E-state index contributed by atoms with van der Waals surface area (Å²) in [6.45, 7) is 2.51. The second kappa shape index (κ2) is 10.8. The average molecular weight is 491 g/mol. The van der Waals surface area contributed by atoms with E-state index in [1.165, 1.54) is 11.3 Å². The van der Waals surface area contributed by atoms with Gasteiger partial charge in [0.15, 0.2) is 12.2 Å². The fraction of sp³-hybridized carbons (Fsp3) is 0.308. The molecule has 0 aliphatic carbocycles. The number of hydrogen-bond acceptors (Lipinski definition) is 7. The molecule has 1 aromatic carbocycles. The number of aliphatic hydroxyl groups is 2. The van der Waals surface area contributed by atoms with Crippen molar-refractivity contribution in [3.8, 4) is 16.6 Å². The van der Waals surface area contributed by atoms with Crippen molar-refractivity contribution >= 4 is 23.2 Å². The second-order valence-electron chi connectivity index (χ2n) is 8.54. The number of carbonyl (C=O) groups is 2. The van der Waals surface area contributed by atoms with Gasteiger partial charge in [-0.3, -0.25) is 14.6 Å². The Hall–Kier alpha value is -3.58. The number of aliphatic hydroxyl groups excluding tert-OH is 2. The SMILES string of the molecule is Cc1cccc(C2CCCN2C(=O)[C@H](O)[C@@H](O)C(=O)NCc2ccc(-c3ccc(C#N)s3)nc2)c1. The molecule has 35 heavy (non-hydrogen) atoms. The molecule has 2 aromatic heterocycles. The van der Waals surface area contributed by atoms with E-state index in [4.69, 9.17) is 5.26 Å². The van der Waals surface area contributed by atoms with E-state index in [9.17, 15) is 19.8 Å². The molecule has 3 N–H and O–H groups in total. The maximum Gasteiger partial charge on any atom is 0.255 e. The van der Waals surface area contributed by atoms with Crippen LogP contribution in [-0.4, -0.2) is 50.7 Å². The van der Waals surface area contributed by atoms with Crippen LogP contribution in [0.25, 0.3) is 10.6 Å². The lowest BCUT2D eigenvalue weighted by atomic mass is 10.0. The molecular formula is C26H26N4O4S. The number of amides is 2. The van der Waals surface area contributed by atoms with Gasteiger partial charge in [-0.05, 0) is 49.1 Å². The Morgan fingerprint density at radius 1 is 1.23 bits per heavy atom. The highest BCUT2D eigenvalue weighted by Crippen LogP contribution is 2.33. The van der Waals surface area contributed by atoms with Crippen molar-refractivity contribution in [2.75, 3.05) is 6.54 Å². The molecule has 0 spiro atoms. The predicted molar refractivity (Wildman–Crippen MR) is 131 cm³/mol. The smallest absolute Gasteiger partial charge is 0.255 e. The molecule has 1 saturated heterocycles. The Bertz CT molecular complexity index is 1250. The number of aryl methyl sites for hydroxylation is 1. The number of pyridine rings is 1. The summed E-state index contributed by atoms with van der Waals surface area (Å²) < 4.78 is 0. The predicted octanol–water partition coefficient (Wildman–Crippen LogP) is 2.69. The minimum absolute atomic E-state index is 0.0770. The van der Waals surface area contributed by atoms with Crippen molar-refractivity contribution in [1.82, 2.24) is 15.2 Å². The van der Waals surface area contributed by atoms with Gasteiger partial charge in [0, 0.05) is 19.3 Å². The number of thiophene rings is 1. The lowest BCUT2D eigenvalue weighted by molar-refractivity contribution is -0.153. The summed E-state index contributed by atoms with van der Waals surface area (Å²) in [6, 6.07) is 16.9. The summed E-state index contributed by atoms with van der Waals surface area (Å²) in [6.07, 6.45) is -0.605. The number of hydrogen-bond donors (Lipinski definition) is 3. The molecule has 1 aliphatic heterocycles. The molecule has 0 radical (unpaired) electrons. The third-order valence-corrected chi connectivity index (χ3v) is 7.06. The van der Waals surface area contributed by atoms with Crippen LogP contribution < -0.4 is 5.32 Å². The molecular weight excluding hydrogens is 464 g/mol. The molecule has 1 fully saturated rings. The van der Waals surface area contributed by atoms with Gasteiger partial charge in [-0.2, -0.15) is 5.26 Å². The summed E-state index contributed by atoms with van der Waals surface area (Å²) in [5, 5.41) is 32.4.